The second-order valence-corrected chi connectivity index (χ2v) is 17.9. The predicted molar refractivity (Wildman–Crippen MR) is 312 cm³/mol. The Morgan fingerprint density at radius 3 is 0.378 bits per heavy atom. The van der Waals surface area contributed by atoms with Crippen LogP contribution in [0, 0.1) is 0 Å². The van der Waals surface area contributed by atoms with Gasteiger partial charge in [-0.2, -0.15) is 156 Å². The Morgan fingerprint density at radius 2 is 0.319 bits per heavy atom. The van der Waals surface area contributed by atoms with Crippen molar-refractivity contribution in [1.29, 1.82) is 0 Å². The van der Waals surface area contributed by atoms with Crippen molar-refractivity contribution in [2.45, 2.75) is 138 Å². The third-order valence-electron chi connectivity index (χ3n) is 4.17. The van der Waals surface area contributed by atoms with Gasteiger partial charge in [0.25, 0.3) is 0 Å². The molecule has 0 fully saturated rings. The minimum absolute atomic E-state index is 0. The van der Waals surface area contributed by atoms with E-state index in [0.717, 1.165) is 0 Å². The molecular weight excluding hydrogens is 1990 g/mol. The fourth-order valence-corrected chi connectivity index (χ4v) is 1.64. The molecule has 0 aliphatic rings. The van der Waals surface area contributed by atoms with Gasteiger partial charge in [-0.3, -0.25) is 58.4 Å². The van der Waals surface area contributed by atoms with Gasteiger partial charge in [0.2, 0.25) is 0 Å². The van der Waals surface area contributed by atoms with E-state index in [2.05, 4.69) is 37.9 Å². The SMILES string of the molecule is C.C.C.C.C.C.CCF.CCF.CCF.CF.CF.CF.FCC(F)(F)OC(F)(F)C(F)(F)CF.FCC(F)(F)OC(F)(F)C(F)(F)OC(F)(F)CF.FCC(F)(F)OC(F)(F)C(F)(F)OC(F)(F)CF.FCOC(F)(F)CF.FCOCF.FCOCF.O=S(=O)(O)F.O=S(=O)(O)F.O=S(=O)(O)F.O=S(=O)(O)F.O=S(=O)(O)F.O=S(=O)(O)F. The quantitative estimate of drug-likeness (QED) is 0.0266. The largest absolute Gasteiger partial charge is 0.453 e. The van der Waals surface area contributed by atoms with Crippen molar-refractivity contribution in [1.82, 2.24) is 0 Å². The van der Waals surface area contributed by atoms with Crippen LogP contribution >= 0.6 is 0 Å². The van der Waals surface area contributed by atoms with Gasteiger partial charge >= 0.3 is 136 Å². The van der Waals surface area contributed by atoms with Gasteiger partial charge in [-0.1, -0.05) is 67.9 Å². The summed E-state index contributed by atoms with van der Waals surface area (Å²) in [5, 5.41) is 0. The Kier molecular flexibility index (Phi) is 136. The summed E-state index contributed by atoms with van der Waals surface area (Å²) >= 11 is 0. The molecule has 119 heavy (non-hydrogen) atoms. The lowest BCUT2D eigenvalue weighted by atomic mass is 10.3. The highest BCUT2D eigenvalue weighted by molar-refractivity contribution is 7.81. The molecule has 762 valence electrons. The predicted octanol–water partition coefficient (Wildman–Crippen LogP) is 19.7. The van der Waals surface area contributed by atoms with Crippen molar-refractivity contribution < 1.29 is 323 Å². The molecule has 0 aromatic carbocycles. The zero-order valence-electron chi connectivity index (χ0n) is 54.0. The first-order valence-electron chi connectivity index (χ1n) is 22.7. The summed E-state index contributed by atoms with van der Waals surface area (Å²) in [5.41, 5.74) is 0. The maximum absolute atomic E-state index is 12.4. The number of alkyl halides is 42. The normalized spacial score (nSPS) is 11.3. The molecule has 0 saturated carbocycles. The van der Waals surface area contributed by atoms with Crippen LogP contribution in [0.5, 0.6) is 0 Å². The first-order chi connectivity index (χ1) is 49.3. The minimum atomic E-state index is -6.30. The highest BCUT2D eigenvalue weighted by atomic mass is 32.3. The van der Waals surface area contributed by atoms with E-state index in [1.54, 1.807) is 0 Å². The standard InChI is InChI=1S/2C6H4F10O2.C5H4F8O.C3H4F4O.2C2H4F2O.3C2H5F.3CH3F.6CH4.6FHO3S/c2*7-1-3(9,10)17-5(13,14)6(15,16)18-4(11,12)2-8;6-1-3(8,9)5(12,13)14-4(10,11)2-7;4-1-3(6,7)8-2-5;2*3-1-5-2-4;3*1-2-3;3*1-2;;;;;;;6*1-5(2,3)4/h2*1-2H2;1-2H2;1-2H2;2*1-2H2;3*2H2,1H3;3*1H3;6*1H4;6*(H,2,3,4). The molecule has 80 heteroatoms. The molecule has 0 atom stereocenters. The van der Waals surface area contributed by atoms with E-state index < -0.39 is 217 Å². The molecule has 0 amide bonds. The number of hydrogen-bond donors (Lipinski definition) is 6. The summed E-state index contributed by atoms with van der Waals surface area (Å²) in [6.45, 7) is -21.5. The first kappa shape index (κ1) is 180. The molecule has 0 unspecified atom stereocenters. The molecule has 0 aliphatic carbocycles. The Hall–Kier alpha value is -4.22. The summed E-state index contributed by atoms with van der Waals surface area (Å²) < 4.78 is 705. The summed E-state index contributed by atoms with van der Waals surface area (Å²) in [6, 6.07) is 0. The zero-order valence-corrected chi connectivity index (χ0v) is 58.9. The molecule has 0 heterocycles. The fraction of sp³-hybridized carbons (Fsp3) is 1.00. The number of ether oxygens (including phenoxy) is 8. The Bertz CT molecular complexity index is 2380. The van der Waals surface area contributed by atoms with Crippen molar-refractivity contribution in [2.24, 2.45) is 0 Å². The lowest BCUT2D eigenvalue weighted by molar-refractivity contribution is -0.513. The van der Waals surface area contributed by atoms with Gasteiger partial charge < -0.3 is 9.47 Å². The molecule has 26 nitrogen and oxygen atoms in total. The number of rotatable bonds is 26. The topological polar surface area (TPSA) is 400 Å². The van der Waals surface area contributed by atoms with E-state index in [1.807, 2.05) is 0 Å². The van der Waals surface area contributed by atoms with Gasteiger partial charge in [-0.05, 0) is 20.8 Å². The lowest BCUT2D eigenvalue weighted by Crippen LogP contribution is -2.52. The average molecular weight is 2070 g/mol. The first-order valence-corrected chi connectivity index (χ1v) is 30.8. The van der Waals surface area contributed by atoms with Crippen LogP contribution < -0.4 is 0 Å². The lowest BCUT2D eigenvalue weighted by Gasteiger charge is -2.29. The second kappa shape index (κ2) is 90.0. The fourth-order valence-electron chi connectivity index (χ4n) is 1.64. The highest BCUT2D eigenvalue weighted by Gasteiger charge is 2.69. The van der Waals surface area contributed by atoms with Gasteiger partial charge in [0, 0.05) is 0 Å². The molecule has 6 N–H and O–H groups in total. The molecule has 0 aromatic rings. The van der Waals surface area contributed by atoms with Crippen LogP contribution in [0.25, 0.3) is 0 Å². The van der Waals surface area contributed by atoms with Crippen molar-refractivity contribution in [3.63, 3.8) is 0 Å². The van der Waals surface area contributed by atoms with Crippen LogP contribution in [0.15, 0.2) is 0 Å². The van der Waals surface area contributed by atoms with Crippen LogP contribution in [0.4, 0.5) is 208 Å². The van der Waals surface area contributed by atoms with E-state index in [-0.39, 0.29) is 64.6 Å². The van der Waals surface area contributed by atoms with E-state index in [1.165, 1.54) is 20.8 Å². The average Bonchev–Trinajstić information content (AvgIpc) is 0.803. The maximum Gasteiger partial charge on any atom is 0.453 e. The number of halogens is 48. The molecule has 0 bridgehead atoms. The third-order valence-corrected chi connectivity index (χ3v) is 4.17. The summed E-state index contributed by atoms with van der Waals surface area (Å²) in [6.07, 6.45) is -61.5. The summed E-state index contributed by atoms with van der Waals surface area (Å²) in [4.78, 5) is 0. The monoisotopic (exact) mass is 2070 g/mol. The van der Waals surface area contributed by atoms with E-state index in [0.29, 0.717) is 21.5 Å². The summed E-state index contributed by atoms with van der Waals surface area (Å²) in [5.74, 6) is -5.42. The van der Waals surface area contributed by atoms with Crippen LogP contribution in [0.2, 0.25) is 0 Å². The van der Waals surface area contributed by atoms with Crippen LogP contribution in [0.1, 0.15) is 65.3 Å². The number of hydrogen-bond acceptors (Lipinski definition) is 20. The van der Waals surface area contributed by atoms with Crippen molar-refractivity contribution >= 4 is 63.0 Å². The van der Waals surface area contributed by atoms with Gasteiger partial charge in [0.1, 0.15) is 0 Å². The van der Waals surface area contributed by atoms with E-state index >= 15 is 0 Å². The van der Waals surface area contributed by atoms with Crippen molar-refractivity contribution in [3.8, 4) is 0 Å². The molecule has 0 aromatic heterocycles. The van der Waals surface area contributed by atoms with Gasteiger partial charge in [0.05, 0.1) is 41.6 Å². The second-order valence-electron chi connectivity index (χ2n) is 12.9. The minimum Gasteiger partial charge on any atom is -0.319 e. The molecule has 0 radical (unpaired) electrons. The van der Waals surface area contributed by atoms with Crippen LogP contribution in [-0.4, -0.2) is 274 Å². The van der Waals surface area contributed by atoms with Crippen molar-refractivity contribution in [2.75, 3.05) is 123 Å². The Morgan fingerprint density at radius 1 is 0.218 bits per heavy atom. The molecule has 0 aliphatic heterocycles. The molecule has 0 spiro atoms. The van der Waals surface area contributed by atoms with Gasteiger partial charge in [-0.15, -0.1) is 0 Å². The third kappa shape index (κ3) is 213. The van der Waals surface area contributed by atoms with E-state index in [4.69, 9.17) is 77.8 Å². The molecule has 0 rings (SSSR count). The zero-order chi connectivity index (χ0) is 97.3. The van der Waals surface area contributed by atoms with Crippen LogP contribution in [-0.2, 0) is 101 Å². The maximum atomic E-state index is 12.4. The Labute approximate surface area is 646 Å². The van der Waals surface area contributed by atoms with Crippen molar-refractivity contribution in [3.05, 3.63) is 0 Å². The smallest absolute Gasteiger partial charge is 0.319 e. The Balaban J connectivity index is -0.0000000381. The van der Waals surface area contributed by atoms with E-state index in [9.17, 15) is 208 Å². The van der Waals surface area contributed by atoms with Gasteiger partial charge in [-0.25, -0.2) is 76.4 Å². The molecule has 0 saturated heterocycles. The molecular formula is C39H78F48O26S6. The van der Waals surface area contributed by atoms with Crippen LogP contribution in [0.3, 0.4) is 0 Å². The highest BCUT2D eigenvalue weighted by Crippen LogP contribution is 2.45. The van der Waals surface area contributed by atoms with Gasteiger partial charge in [0.15, 0.2) is 81.0 Å². The summed E-state index contributed by atoms with van der Waals surface area (Å²) in [7, 11) is -29.5.